The second kappa shape index (κ2) is 25.1. The quantitative estimate of drug-likeness (QED) is 0.0419. The standard InChI is InChI=1S/C42H76N10O9S2/c1-23(2)29(47-34(54)28-18-13-21-51(28)38(58)25(45)15-9-11-19-43)35(55)49-32(42(7,8)63)37(57)50-31(41(5,6)62)36(56)48-30(24(3)4)39(59)52-22-14-17-27(52)33(53)46-26(40(60)61)16-10-12-20-44/h23-32,62-63H,9-22,43-45H2,1-8H3,(H,46,53)(H,47,54)(H,48,56)(H,49,55)(H,50,57)(H,60,61)/t25-,26-,27-,28-,29-,30-,31?,32?/m0/s1. The molecule has 0 aromatic carbocycles. The smallest absolute Gasteiger partial charge is 0.326 e. The third kappa shape index (κ3) is 16.4. The summed E-state index contributed by atoms with van der Waals surface area (Å²) in [6, 6.07) is -8.73. The summed E-state index contributed by atoms with van der Waals surface area (Å²) >= 11 is 9.26. The van der Waals surface area contributed by atoms with E-state index in [2.05, 4.69) is 51.8 Å². The predicted molar refractivity (Wildman–Crippen MR) is 246 cm³/mol. The Bertz CT molecular complexity index is 1610. The number of carboxylic acids is 1. The van der Waals surface area contributed by atoms with Gasteiger partial charge < -0.3 is 58.7 Å². The van der Waals surface area contributed by atoms with E-state index in [0.29, 0.717) is 71.0 Å². The Morgan fingerprint density at radius 1 is 0.619 bits per heavy atom. The molecule has 7 amide bonds. The molecule has 0 aromatic rings. The molecule has 63 heavy (non-hydrogen) atoms. The zero-order chi connectivity index (χ0) is 48.0. The van der Waals surface area contributed by atoms with E-state index >= 15 is 0 Å². The fourth-order valence-corrected chi connectivity index (χ4v) is 8.13. The minimum Gasteiger partial charge on any atom is -0.480 e. The number of carbonyl (C=O) groups is 8. The Hall–Kier alpha value is -3.66. The molecule has 2 aliphatic rings. The monoisotopic (exact) mass is 929 g/mol. The van der Waals surface area contributed by atoms with E-state index in [1.165, 1.54) is 9.80 Å². The number of hydrogen-bond donors (Lipinski definition) is 11. The number of rotatable bonds is 25. The molecule has 2 saturated heterocycles. The molecule has 2 heterocycles. The van der Waals surface area contributed by atoms with Crippen molar-refractivity contribution in [2.75, 3.05) is 26.2 Å². The van der Waals surface area contributed by atoms with Crippen molar-refractivity contribution in [3.63, 3.8) is 0 Å². The van der Waals surface area contributed by atoms with Gasteiger partial charge in [-0.05, 0) is 110 Å². The topological polar surface area (TPSA) is 301 Å². The normalized spacial score (nSPS) is 19.7. The number of nitrogens with two attached hydrogens (primary N) is 3. The van der Waals surface area contributed by atoms with E-state index in [0.717, 1.165) is 6.42 Å². The lowest BCUT2D eigenvalue weighted by Gasteiger charge is -2.37. The molecule has 21 heteroatoms. The number of unbranched alkanes of at least 4 members (excludes halogenated alkanes) is 2. The second-order valence-corrected chi connectivity index (χ2v) is 20.9. The van der Waals surface area contributed by atoms with Crippen LogP contribution in [0.15, 0.2) is 0 Å². The van der Waals surface area contributed by atoms with Gasteiger partial charge in [0.1, 0.15) is 42.3 Å². The van der Waals surface area contributed by atoms with Crippen LogP contribution >= 0.6 is 25.3 Å². The van der Waals surface area contributed by atoms with E-state index in [1.807, 2.05) is 0 Å². The Morgan fingerprint density at radius 2 is 1.05 bits per heavy atom. The lowest BCUT2D eigenvalue weighted by Crippen LogP contribution is -2.66. The van der Waals surface area contributed by atoms with Gasteiger partial charge in [-0.1, -0.05) is 34.1 Å². The maximum atomic E-state index is 14.2. The van der Waals surface area contributed by atoms with E-state index in [9.17, 15) is 43.5 Å². The maximum absolute atomic E-state index is 14.2. The van der Waals surface area contributed by atoms with Crippen molar-refractivity contribution in [2.24, 2.45) is 29.0 Å². The number of aliphatic carboxylic acids is 1. The van der Waals surface area contributed by atoms with Crippen LogP contribution in [0.3, 0.4) is 0 Å². The Kier molecular flexibility index (Phi) is 22.1. The van der Waals surface area contributed by atoms with Crippen molar-refractivity contribution >= 4 is 72.6 Å². The molecule has 0 saturated carbocycles. The van der Waals surface area contributed by atoms with Gasteiger partial charge in [-0.15, -0.1) is 0 Å². The van der Waals surface area contributed by atoms with Gasteiger partial charge in [0.05, 0.1) is 6.04 Å². The second-order valence-electron chi connectivity index (χ2n) is 18.6. The van der Waals surface area contributed by atoms with Crippen molar-refractivity contribution in [1.82, 2.24) is 36.4 Å². The average molecular weight is 929 g/mol. The zero-order valence-electron chi connectivity index (χ0n) is 38.4. The van der Waals surface area contributed by atoms with Crippen LogP contribution in [0.25, 0.3) is 0 Å². The van der Waals surface area contributed by atoms with Crippen molar-refractivity contribution in [2.45, 2.75) is 177 Å². The van der Waals surface area contributed by atoms with Crippen LogP contribution < -0.4 is 43.8 Å². The number of carboxylic acid groups (broad SMARTS) is 1. The minimum atomic E-state index is -1.37. The van der Waals surface area contributed by atoms with Crippen LogP contribution in [0, 0.1) is 11.8 Å². The fraction of sp³-hybridized carbons (Fsp3) is 0.810. The SMILES string of the molecule is CC(C)[C@H](NC(=O)[C@@H]1CCCN1C(=O)[C@@H](N)CCCCN)C(=O)NC(C(=O)NC(C(=O)N[C@H](C(=O)N1CCC[C@H]1C(=O)N[C@@H](CCCCN)C(=O)O)C(C)C)C(C)(C)S)C(C)(C)S. The zero-order valence-corrected chi connectivity index (χ0v) is 40.2. The van der Waals surface area contributed by atoms with Gasteiger partial charge in [-0.3, -0.25) is 33.6 Å². The number of nitrogens with zero attached hydrogens (tertiary/aromatic N) is 2. The van der Waals surface area contributed by atoms with Crippen LogP contribution in [0.1, 0.15) is 120 Å². The molecule has 0 aliphatic carbocycles. The predicted octanol–water partition coefficient (Wildman–Crippen LogP) is -0.209. The number of likely N-dealkylation sites (tertiary alicyclic amines) is 2. The summed E-state index contributed by atoms with van der Waals surface area (Å²) in [6.07, 6.45) is 4.82. The van der Waals surface area contributed by atoms with Gasteiger partial charge in [0.15, 0.2) is 0 Å². The molecular weight excluding hydrogens is 853 g/mol. The van der Waals surface area contributed by atoms with E-state index in [1.54, 1.807) is 55.4 Å². The highest BCUT2D eigenvalue weighted by molar-refractivity contribution is 7.82. The Labute approximate surface area is 383 Å². The van der Waals surface area contributed by atoms with Crippen molar-refractivity contribution in [1.29, 1.82) is 0 Å². The average Bonchev–Trinajstić information content (AvgIpc) is 3.89. The highest BCUT2D eigenvalue weighted by Crippen LogP contribution is 2.25. The Morgan fingerprint density at radius 3 is 1.49 bits per heavy atom. The van der Waals surface area contributed by atoms with Gasteiger partial charge >= 0.3 is 5.97 Å². The van der Waals surface area contributed by atoms with Gasteiger partial charge in [0, 0.05) is 22.6 Å². The van der Waals surface area contributed by atoms with Crippen LogP contribution in [0.2, 0.25) is 0 Å². The molecule has 360 valence electrons. The van der Waals surface area contributed by atoms with Crippen molar-refractivity contribution in [3.8, 4) is 0 Å². The molecule has 2 fully saturated rings. The summed E-state index contributed by atoms with van der Waals surface area (Å²) in [4.78, 5) is 111. The molecule has 0 spiro atoms. The summed E-state index contributed by atoms with van der Waals surface area (Å²) in [5.74, 6) is -6.40. The van der Waals surface area contributed by atoms with Crippen LogP contribution in [0.4, 0.5) is 0 Å². The molecule has 0 aromatic heterocycles. The summed E-state index contributed by atoms with van der Waals surface area (Å²) < 4.78 is -2.44. The van der Waals surface area contributed by atoms with Crippen LogP contribution in [-0.4, -0.2) is 146 Å². The third-order valence-electron chi connectivity index (χ3n) is 11.5. The first-order chi connectivity index (χ1) is 29.3. The van der Waals surface area contributed by atoms with Gasteiger partial charge in [0.25, 0.3) is 0 Å². The lowest BCUT2D eigenvalue weighted by atomic mass is 9.96. The molecule has 2 rings (SSSR count). The number of hydrogen-bond acceptors (Lipinski definition) is 13. The van der Waals surface area contributed by atoms with Gasteiger partial charge in [-0.2, -0.15) is 25.3 Å². The largest absolute Gasteiger partial charge is 0.480 e. The van der Waals surface area contributed by atoms with E-state index in [-0.39, 0.29) is 18.9 Å². The molecular formula is C42H76N10O9S2. The summed E-state index contributed by atoms with van der Waals surface area (Å²) in [7, 11) is 0. The molecule has 8 atom stereocenters. The molecule has 0 radical (unpaired) electrons. The van der Waals surface area contributed by atoms with E-state index < -0.39 is 111 Å². The highest BCUT2D eigenvalue weighted by Gasteiger charge is 2.45. The number of amides is 7. The third-order valence-corrected chi connectivity index (χ3v) is 12.0. The number of nitrogens with one attached hydrogen (secondary N) is 5. The molecule has 19 nitrogen and oxygen atoms in total. The highest BCUT2D eigenvalue weighted by atomic mass is 32.1. The van der Waals surface area contributed by atoms with Crippen molar-refractivity contribution < 1.29 is 43.5 Å². The van der Waals surface area contributed by atoms with E-state index in [4.69, 9.17) is 17.2 Å². The Balaban J connectivity index is 2.26. The first-order valence-corrected chi connectivity index (χ1v) is 23.1. The molecule has 2 aliphatic heterocycles. The fourth-order valence-electron chi connectivity index (χ4n) is 7.77. The summed E-state index contributed by atoms with van der Waals surface area (Å²) in [6.45, 7) is 14.7. The molecule has 12 N–H and O–H groups in total. The van der Waals surface area contributed by atoms with Crippen LogP contribution in [0.5, 0.6) is 0 Å². The first-order valence-electron chi connectivity index (χ1n) is 22.2. The molecule has 0 bridgehead atoms. The molecule has 2 unspecified atom stereocenters. The summed E-state index contributed by atoms with van der Waals surface area (Å²) in [5.41, 5.74) is 17.3. The number of thiol groups is 2. The first kappa shape index (κ1) is 55.5. The van der Waals surface area contributed by atoms with Crippen molar-refractivity contribution in [3.05, 3.63) is 0 Å². The minimum absolute atomic E-state index is 0.176. The lowest BCUT2D eigenvalue weighted by molar-refractivity contribution is -0.145. The number of carbonyl (C=O) groups excluding carboxylic acids is 7. The van der Waals surface area contributed by atoms with Gasteiger partial charge in [-0.25, -0.2) is 4.79 Å². The maximum Gasteiger partial charge on any atom is 0.326 e. The van der Waals surface area contributed by atoms with Crippen LogP contribution in [-0.2, 0) is 38.4 Å². The summed E-state index contributed by atoms with van der Waals surface area (Å²) in [5, 5.41) is 23.3. The van der Waals surface area contributed by atoms with Gasteiger partial charge in [0.2, 0.25) is 41.4 Å².